The second-order valence-corrected chi connectivity index (χ2v) is 5.29. The molecule has 1 heterocycles. The summed E-state index contributed by atoms with van der Waals surface area (Å²) in [5.41, 5.74) is 0.842. The summed E-state index contributed by atoms with van der Waals surface area (Å²) in [7, 11) is 0. The summed E-state index contributed by atoms with van der Waals surface area (Å²) in [4.78, 5) is 24.6. The third kappa shape index (κ3) is 4.82. The summed E-state index contributed by atoms with van der Waals surface area (Å²) in [5.74, 6) is -1.45. The Kier molecular flexibility index (Phi) is 5.27. The van der Waals surface area contributed by atoms with Gasteiger partial charge in [0.15, 0.2) is 0 Å². The van der Waals surface area contributed by atoms with Crippen LogP contribution in [0.25, 0.3) is 0 Å². The van der Waals surface area contributed by atoms with E-state index in [1.807, 2.05) is 4.90 Å². The normalized spacial score (nSPS) is 16.6. The summed E-state index contributed by atoms with van der Waals surface area (Å²) in [6, 6.07) is 5.98. The number of likely N-dealkylation sites (tertiary alicyclic amines) is 1. The van der Waals surface area contributed by atoms with Crippen molar-refractivity contribution in [3.8, 4) is 0 Å². The van der Waals surface area contributed by atoms with E-state index in [-0.39, 0.29) is 24.2 Å². The van der Waals surface area contributed by atoms with Gasteiger partial charge in [0.25, 0.3) is 0 Å². The Morgan fingerprint density at radius 2 is 1.86 bits per heavy atom. The van der Waals surface area contributed by atoms with Crippen molar-refractivity contribution in [1.82, 2.24) is 10.2 Å². The molecule has 1 aliphatic rings. The zero-order valence-electron chi connectivity index (χ0n) is 11.7. The van der Waals surface area contributed by atoms with Gasteiger partial charge >= 0.3 is 5.97 Å². The van der Waals surface area contributed by atoms with Gasteiger partial charge in [-0.1, -0.05) is 12.1 Å². The highest BCUT2D eigenvalue weighted by Crippen LogP contribution is 2.16. The van der Waals surface area contributed by atoms with Crippen LogP contribution in [0.3, 0.4) is 0 Å². The number of nitrogens with one attached hydrogen (secondary N) is 1. The molecule has 1 aliphatic heterocycles. The molecule has 0 aromatic heterocycles. The number of carboxylic acid groups (broad SMARTS) is 1. The number of hydrogen-bond acceptors (Lipinski definition) is 3. The van der Waals surface area contributed by atoms with Crippen LogP contribution in [0.4, 0.5) is 4.39 Å². The van der Waals surface area contributed by atoms with Crippen LogP contribution in [-0.4, -0.2) is 41.5 Å². The monoisotopic (exact) mass is 294 g/mol. The summed E-state index contributed by atoms with van der Waals surface area (Å²) in [6.45, 7) is 1.89. The van der Waals surface area contributed by atoms with E-state index < -0.39 is 5.97 Å². The highest BCUT2D eigenvalue weighted by Gasteiger charge is 2.25. The average molecular weight is 294 g/mol. The average Bonchev–Trinajstić information content (AvgIpc) is 2.47. The van der Waals surface area contributed by atoms with Crippen molar-refractivity contribution in [3.63, 3.8) is 0 Å². The van der Waals surface area contributed by atoms with Crippen LogP contribution in [0.2, 0.25) is 0 Å². The van der Waals surface area contributed by atoms with Crippen molar-refractivity contribution in [2.24, 2.45) is 5.92 Å². The summed E-state index contributed by atoms with van der Waals surface area (Å²) in [5, 5.41) is 11.7. The number of hydrogen-bond donors (Lipinski definition) is 2. The fraction of sp³-hybridized carbons (Fsp3) is 0.467. The lowest BCUT2D eigenvalue weighted by Crippen LogP contribution is -2.42. The molecule has 0 aliphatic carbocycles. The number of carbonyl (C=O) groups excluding carboxylic acids is 1. The van der Waals surface area contributed by atoms with Crippen molar-refractivity contribution >= 4 is 11.9 Å². The molecule has 6 heteroatoms. The molecule has 1 fully saturated rings. The molecule has 0 unspecified atom stereocenters. The molecule has 0 bridgehead atoms. The van der Waals surface area contributed by atoms with E-state index in [1.54, 1.807) is 12.1 Å². The lowest BCUT2D eigenvalue weighted by Gasteiger charge is -2.29. The second kappa shape index (κ2) is 7.17. The van der Waals surface area contributed by atoms with Gasteiger partial charge in [-0.3, -0.25) is 14.5 Å². The maximum atomic E-state index is 12.7. The molecule has 0 atom stereocenters. The smallest absolute Gasteiger partial charge is 0.306 e. The maximum Gasteiger partial charge on any atom is 0.306 e. The predicted octanol–water partition coefficient (Wildman–Crippen LogP) is 1.24. The number of amides is 1. The molecule has 114 valence electrons. The molecule has 0 radical (unpaired) electrons. The Morgan fingerprint density at radius 3 is 2.43 bits per heavy atom. The quantitative estimate of drug-likeness (QED) is 0.857. The third-order valence-corrected chi connectivity index (χ3v) is 3.71. The van der Waals surface area contributed by atoms with E-state index in [1.165, 1.54) is 12.1 Å². The van der Waals surface area contributed by atoms with Crippen LogP contribution in [0.5, 0.6) is 0 Å². The van der Waals surface area contributed by atoms with Gasteiger partial charge in [0.2, 0.25) is 5.91 Å². The predicted molar refractivity (Wildman–Crippen MR) is 75.0 cm³/mol. The molecule has 5 nitrogen and oxygen atoms in total. The first-order valence-electron chi connectivity index (χ1n) is 7.01. The zero-order valence-corrected chi connectivity index (χ0v) is 11.7. The molecule has 1 aromatic rings. The van der Waals surface area contributed by atoms with Crippen molar-refractivity contribution in [3.05, 3.63) is 35.6 Å². The Labute approximate surface area is 122 Å². The molecule has 0 spiro atoms. The van der Waals surface area contributed by atoms with E-state index in [0.29, 0.717) is 32.5 Å². The Morgan fingerprint density at radius 1 is 1.24 bits per heavy atom. The second-order valence-electron chi connectivity index (χ2n) is 5.29. The highest BCUT2D eigenvalue weighted by molar-refractivity contribution is 5.78. The van der Waals surface area contributed by atoms with Gasteiger partial charge in [0.05, 0.1) is 12.5 Å². The van der Waals surface area contributed by atoms with Gasteiger partial charge < -0.3 is 10.4 Å². The fourth-order valence-electron chi connectivity index (χ4n) is 2.40. The number of piperidine rings is 1. The number of rotatable bonds is 5. The number of halogens is 1. The van der Waals surface area contributed by atoms with Gasteiger partial charge in [-0.2, -0.15) is 0 Å². The minimum atomic E-state index is -0.754. The number of nitrogens with zero attached hydrogens (tertiary/aromatic N) is 1. The maximum absolute atomic E-state index is 12.7. The zero-order chi connectivity index (χ0) is 15.2. The topological polar surface area (TPSA) is 69.6 Å². The first-order chi connectivity index (χ1) is 10.0. The summed E-state index contributed by atoms with van der Waals surface area (Å²) in [6.07, 6.45) is 1.17. The number of benzene rings is 1. The van der Waals surface area contributed by atoms with Crippen molar-refractivity contribution in [2.75, 3.05) is 19.6 Å². The van der Waals surface area contributed by atoms with Gasteiger partial charge in [-0.05, 0) is 43.6 Å². The third-order valence-electron chi connectivity index (χ3n) is 3.71. The number of carbonyl (C=O) groups is 2. The molecule has 21 heavy (non-hydrogen) atoms. The summed E-state index contributed by atoms with van der Waals surface area (Å²) >= 11 is 0. The van der Waals surface area contributed by atoms with Crippen LogP contribution in [0.15, 0.2) is 24.3 Å². The largest absolute Gasteiger partial charge is 0.481 e. The Bertz CT molecular complexity index is 496. The standard InChI is InChI=1S/C15H19FN2O3/c16-13-3-1-11(2-4-13)9-17-14(19)10-18-7-5-12(6-8-18)15(20)21/h1-4,12H,5-10H2,(H,17,19)(H,20,21). The first kappa shape index (κ1) is 15.4. The van der Waals surface area contributed by atoms with E-state index in [4.69, 9.17) is 5.11 Å². The molecule has 0 saturated carbocycles. The number of carboxylic acids is 1. The van der Waals surface area contributed by atoms with Crippen LogP contribution < -0.4 is 5.32 Å². The van der Waals surface area contributed by atoms with E-state index in [2.05, 4.69) is 5.32 Å². The molecular weight excluding hydrogens is 275 g/mol. The van der Waals surface area contributed by atoms with Gasteiger partial charge in [-0.15, -0.1) is 0 Å². The molecule has 2 rings (SSSR count). The van der Waals surface area contributed by atoms with Crippen molar-refractivity contribution in [2.45, 2.75) is 19.4 Å². The van der Waals surface area contributed by atoms with Crippen molar-refractivity contribution in [1.29, 1.82) is 0 Å². The first-order valence-corrected chi connectivity index (χ1v) is 7.01. The molecule has 2 N–H and O–H groups in total. The van der Waals surface area contributed by atoms with E-state index in [0.717, 1.165) is 5.56 Å². The molecule has 1 aromatic carbocycles. The molecule has 1 amide bonds. The van der Waals surface area contributed by atoms with Gasteiger partial charge in [0.1, 0.15) is 5.82 Å². The molecule has 1 saturated heterocycles. The van der Waals surface area contributed by atoms with Gasteiger partial charge in [0, 0.05) is 6.54 Å². The number of aliphatic carboxylic acids is 1. The van der Waals surface area contributed by atoms with Crippen LogP contribution in [0, 0.1) is 11.7 Å². The van der Waals surface area contributed by atoms with Crippen molar-refractivity contribution < 1.29 is 19.1 Å². The van der Waals surface area contributed by atoms with E-state index in [9.17, 15) is 14.0 Å². The molecular formula is C15H19FN2O3. The fourth-order valence-corrected chi connectivity index (χ4v) is 2.40. The lowest BCUT2D eigenvalue weighted by molar-refractivity contribution is -0.143. The van der Waals surface area contributed by atoms with Crippen LogP contribution in [-0.2, 0) is 16.1 Å². The SMILES string of the molecule is O=C(CN1CCC(C(=O)O)CC1)NCc1ccc(F)cc1. The highest BCUT2D eigenvalue weighted by atomic mass is 19.1. The minimum Gasteiger partial charge on any atom is -0.481 e. The van der Waals surface area contributed by atoms with Gasteiger partial charge in [-0.25, -0.2) is 4.39 Å². The summed E-state index contributed by atoms with van der Waals surface area (Å²) < 4.78 is 12.7. The Hall–Kier alpha value is -1.95. The van der Waals surface area contributed by atoms with Crippen LogP contribution >= 0.6 is 0 Å². The lowest BCUT2D eigenvalue weighted by atomic mass is 9.97. The Balaban J connectivity index is 1.70. The van der Waals surface area contributed by atoms with Crippen LogP contribution in [0.1, 0.15) is 18.4 Å². The van der Waals surface area contributed by atoms with E-state index >= 15 is 0 Å². The minimum absolute atomic E-state index is 0.104.